The van der Waals surface area contributed by atoms with Crippen molar-refractivity contribution in [1.82, 2.24) is 4.98 Å². The molecule has 1 amide bonds. The molecule has 3 rings (SSSR count). The monoisotopic (exact) mass is 337 g/mol. The van der Waals surface area contributed by atoms with Crippen LogP contribution in [0.3, 0.4) is 0 Å². The highest BCUT2D eigenvalue weighted by molar-refractivity contribution is 6.03. The van der Waals surface area contributed by atoms with E-state index in [4.69, 9.17) is 4.74 Å². The Hall–Kier alpha value is -3.41. The van der Waals surface area contributed by atoms with Crippen LogP contribution in [0.2, 0.25) is 0 Å². The molecular formula is C19H16FN3O2. The molecule has 1 aromatic heterocycles. The number of benzene rings is 2. The number of aromatic nitrogens is 1. The minimum Gasteiger partial charge on any atom is -0.495 e. The van der Waals surface area contributed by atoms with Crippen LogP contribution in [0.25, 0.3) is 0 Å². The summed E-state index contributed by atoms with van der Waals surface area (Å²) in [7, 11) is 1.60. The summed E-state index contributed by atoms with van der Waals surface area (Å²) in [5.74, 6) is 0.209. The lowest BCUT2D eigenvalue weighted by atomic mass is 10.2. The molecule has 0 radical (unpaired) electrons. The molecule has 1 heterocycles. The van der Waals surface area contributed by atoms with E-state index in [0.717, 1.165) is 11.4 Å². The third-order valence-corrected chi connectivity index (χ3v) is 3.48. The van der Waals surface area contributed by atoms with E-state index in [2.05, 4.69) is 15.6 Å². The molecular weight excluding hydrogens is 321 g/mol. The first-order valence-corrected chi connectivity index (χ1v) is 7.59. The predicted molar refractivity (Wildman–Crippen MR) is 94.9 cm³/mol. The van der Waals surface area contributed by atoms with Crippen molar-refractivity contribution >= 4 is 23.1 Å². The Labute approximate surface area is 144 Å². The van der Waals surface area contributed by atoms with Gasteiger partial charge in [0.15, 0.2) is 0 Å². The van der Waals surface area contributed by atoms with E-state index in [-0.39, 0.29) is 5.56 Å². The predicted octanol–water partition coefficient (Wildman–Crippen LogP) is 4.23. The van der Waals surface area contributed by atoms with Crippen LogP contribution in [0, 0.1) is 5.82 Å². The van der Waals surface area contributed by atoms with Crippen LogP contribution in [0.15, 0.2) is 66.9 Å². The summed E-state index contributed by atoms with van der Waals surface area (Å²) < 4.78 is 18.5. The molecule has 5 nitrogen and oxygen atoms in total. The number of hydrogen-bond acceptors (Lipinski definition) is 4. The fraction of sp³-hybridized carbons (Fsp3) is 0.0526. The molecule has 0 saturated heterocycles. The number of nitrogens with zero attached hydrogens (tertiary/aromatic N) is 1. The minimum absolute atomic E-state index is 0.234. The van der Waals surface area contributed by atoms with Crippen molar-refractivity contribution in [3.63, 3.8) is 0 Å². The molecule has 0 atom stereocenters. The average Bonchev–Trinajstić information content (AvgIpc) is 2.64. The molecule has 25 heavy (non-hydrogen) atoms. The van der Waals surface area contributed by atoms with Gasteiger partial charge in [0.25, 0.3) is 5.91 Å². The van der Waals surface area contributed by atoms with Gasteiger partial charge in [-0.3, -0.25) is 4.79 Å². The van der Waals surface area contributed by atoms with E-state index < -0.39 is 11.7 Å². The summed E-state index contributed by atoms with van der Waals surface area (Å²) in [6, 6.07) is 16.4. The Kier molecular flexibility index (Phi) is 4.89. The zero-order chi connectivity index (χ0) is 17.6. The molecule has 0 unspecified atom stereocenters. The van der Waals surface area contributed by atoms with Crippen LogP contribution in [0.1, 0.15) is 10.4 Å². The van der Waals surface area contributed by atoms with E-state index >= 15 is 0 Å². The Bertz CT molecular complexity index is 882. The van der Waals surface area contributed by atoms with Crippen LogP contribution in [0.4, 0.5) is 21.6 Å². The number of nitrogens with one attached hydrogen (secondary N) is 2. The number of amides is 1. The second-order valence-corrected chi connectivity index (χ2v) is 5.22. The Balaban J connectivity index is 1.69. The number of carbonyl (C=O) groups is 1. The van der Waals surface area contributed by atoms with Gasteiger partial charge < -0.3 is 15.4 Å². The van der Waals surface area contributed by atoms with Gasteiger partial charge >= 0.3 is 0 Å². The standard InChI is InChI=1S/C19H16FN3O2/c1-25-17-8-3-2-7-16(17)22-15-9-10-18(21-12-15)23-19(24)13-5-4-6-14(20)11-13/h2-12,22H,1H3,(H,21,23,24). The molecule has 0 bridgehead atoms. The van der Waals surface area contributed by atoms with Crippen molar-refractivity contribution in [2.45, 2.75) is 0 Å². The highest BCUT2D eigenvalue weighted by Crippen LogP contribution is 2.26. The van der Waals surface area contributed by atoms with Crippen LogP contribution < -0.4 is 15.4 Å². The zero-order valence-corrected chi connectivity index (χ0v) is 13.5. The molecule has 0 fully saturated rings. The fourth-order valence-corrected chi connectivity index (χ4v) is 2.26. The molecule has 3 aromatic rings. The topological polar surface area (TPSA) is 63.2 Å². The van der Waals surface area contributed by atoms with Crippen molar-refractivity contribution in [1.29, 1.82) is 0 Å². The number of ether oxygens (including phenoxy) is 1. The largest absolute Gasteiger partial charge is 0.495 e. The van der Waals surface area contributed by atoms with Crippen molar-refractivity contribution < 1.29 is 13.9 Å². The average molecular weight is 337 g/mol. The quantitative estimate of drug-likeness (QED) is 0.731. The smallest absolute Gasteiger partial charge is 0.256 e. The molecule has 0 aliphatic carbocycles. The maximum Gasteiger partial charge on any atom is 0.256 e. The highest BCUT2D eigenvalue weighted by Gasteiger charge is 2.08. The van der Waals surface area contributed by atoms with Gasteiger partial charge in [0.2, 0.25) is 0 Å². The summed E-state index contributed by atoms with van der Waals surface area (Å²) in [6.07, 6.45) is 1.59. The SMILES string of the molecule is COc1ccccc1Nc1ccc(NC(=O)c2cccc(F)c2)nc1. The molecule has 0 saturated carbocycles. The highest BCUT2D eigenvalue weighted by atomic mass is 19.1. The summed E-state index contributed by atoms with van der Waals surface area (Å²) >= 11 is 0. The number of halogens is 1. The molecule has 2 aromatic carbocycles. The van der Waals surface area contributed by atoms with Crippen molar-refractivity contribution in [3.05, 3.63) is 78.2 Å². The van der Waals surface area contributed by atoms with Gasteiger partial charge in [0.05, 0.1) is 24.7 Å². The van der Waals surface area contributed by atoms with Gasteiger partial charge in [0, 0.05) is 5.56 Å². The van der Waals surface area contributed by atoms with E-state index in [9.17, 15) is 9.18 Å². The van der Waals surface area contributed by atoms with Gasteiger partial charge in [0.1, 0.15) is 17.4 Å². The second-order valence-electron chi connectivity index (χ2n) is 5.22. The number of para-hydroxylation sites is 2. The number of carbonyl (C=O) groups excluding carboxylic acids is 1. The lowest BCUT2D eigenvalue weighted by Crippen LogP contribution is -2.13. The van der Waals surface area contributed by atoms with Crippen LogP contribution in [-0.4, -0.2) is 18.0 Å². The maximum absolute atomic E-state index is 13.2. The summed E-state index contributed by atoms with van der Waals surface area (Å²) in [5.41, 5.74) is 1.79. The van der Waals surface area contributed by atoms with Crippen LogP contribution in [0.5, 0.6) is 5.75 Å². The number of rotatable bonds is 5. The van der Waals surface area contributed by atoms with Gasteiger partial charge in [-0.25, -0.2) is 9.37 Å². The first-order chi connectivity index (χ1) is 12.2. The van der Waals surface area contributed by atoms with Crippen molar-refractivity contribution in [3.8, 4) is 5.75 Å². The second kappa shape index (κ2) is 7.44. The van der Waals surface area contributed by atoms with Crippen molar-refractivity contribution in [2.75, 3.05) is 17.7 Å². The lowest BCUT2D eigenvalue weighted by molar-refractivity contribution is 0.102. The van der Waals surface area contributed by atoms with E-state index in [0.29, 0.717) is 11.6 Å². The fourth-order valence-electron chi connectivity index (χ4n) is 2.26. The van der Waals surface area contributed by atoms with E-state index in [1.807, 2.05) is 24.3 Å². The molecule has 6 heteroatoms. The molecule has 126 valence electrons. The van der Waals surface area contributed by atoms with Crippen molar-refractivity contribution in [2.24, 2.45) is 0 Å². The normalized spacial score (nSPS) is 10.2. The first kappa shape index (κ1) is 16.4. The van der Waals surface area contributed by atoms with E-state index in [1.165, 1.54) is 24.3 Å². The molecule has 2 N–H and O–H groups in total. The van der Waals surface area contributed by atoms with Gasteiger partial charge in [-0.2, -0.15) is 0 Å². The molecule has 0 aliphatic heterocycles. The molecule has 0 aliphatic rings. The third-order valence-electron chi connectivity index (χ3n) is 3.48. The minimum atomic E-state index is -0.461. The third kappa shape index (κ3) is 4.11. The summed E-state index contributed by atoms with van der Waals surface area (Å²) in [6.45, 7) is 0. The van der Waals surface area contributed by atoms with Gasteiger partial charge in [-0.05, 0) is 42.5 Å². The van der Waals surface area contributed by atoms with Gasteiger partial charge in [-0.15, -0.1) is 0 Å². The lowest BCUT2D eigenvalue weighted by Gasteiger charge is -2.11. The number of pyridine rings is 1. The molecule has 0 spiro atoms. The Morgan fingerprint density at radius 2 is 1.92 bits per heavy atom. The number of methoxy groups -OCH3 is 1. The Morgan fingerprint density at radius 3 is 2.64 bits per heavy atom. The number of anilines is 3. The summed E-state index contributed by atoms with van der Waals surface area (Å²) in [5, 5.41) is 5.82. The van der Waals surface area contributed by atoms with Crippen LogP contribution in [-0.2, 0) is 0 Å². The van der Waals surface area contributed by atoms with E-state index in [1.54, 1.807) is 25.4 Å². The maximum atomic E-state index is 13.2. The summed E-state index contributed by atoms with van der Waals surface area (Å²) in [4.78, 5) is 16.3. The first-order valence-electron chi connectivity index (χ1n) is 7.59. The van der Waals surface area contributed by atoms with Crippen LogP contribution >= 0.6 is 0 Å². The Morgan fingerprint density at radius 1 is 1.08 bits per heavy atom. The van der Waals surface area contributed by atoms with Gasteiger partial charge in [-0.1, -0.05) is 18.2 Å². The number of hydrogen-bond donors (Lipinski definition) is 2. The zero-order valence-electron chi connectivity index (χ0n) is 13.5.